The Bertz CT molecular complexity index is 452. The predicted molar refractivity (Wildman–Crippen MR) is 71.9 cm³/mol. The summed E-state index contributed by atoms with van der Waals surface area (Å²) < 4.78 is 1.90. The maximum atomic E-state index is 11.7. The summed E-state index contributed by atoms with van der Waals surface area (Å²) in [6.45, 7) is 2.13. The Balaban J connectivity index is 1.53. The smallest absolute Gasteiger partial charge is 0.321 e. The van der Waals surface area contributed by atoms with Crippen molar-refractivity contribution >= 4 is 12.0 Å². The lowest BCUT2D eigenvalue weighted by molar-refractivity contribution is 0.251. The van der Waals surface area contributed by atoms with E-state index in [1.807, 2.05) is 4.68 Å². The normalized spacial score (nSPS) is 27.0. The highest BCUT2D eigenvalue weighted by atomic mass is 16.2. The van der Waals surface area contributed by atoms with Crippen molar-refractivity contribution in [2.75, 3.05) is 5.32 Å². The molecule has 2 fully saturated rings. The number of aromatic nitrogens is 3. The van der Waals surface area contributed by atoms with Crippen LogP contribution < -0.4 is 10.6 Å². The molecule has 6 nitrogen and oxygen atoms in total. The summed E-state index contributed by atoms with van der Waals surface area (Å²) >= 11 is 0. The quantitative estimate of drug-likeness (QED) is 0.879. The number of anilines is 1. The molecule has 0 aromatic carbocycles. The molecule has 0 bridgehead atoms. The van der Waals surface area contributed by atoms with Gasteiger partial charge in [0.15, 0.2) is 0 Å². The van der Waals surface area contributed by atoms with Crippen molar-refractivity contribution in [2.24, 2.45) is 5.92 Å². The van der Waals surface area contributed by atoms with Crippen molar-refractivity contribution in [3.05, 3.63) is 6.33 Å². The second kappa shape index (κ2) is 5.19. The number of urea groups is 1. The van der Waals surface area contributed by atoms with Crippen molar-refractivity contribution in [1.82, 2.24) is 20.1 Å². The SMILES string of the molecule is C[C@H]1C[C@H]1NC(=O)Nc1ncn(C2CCCCC2)n1. The van der Waals surface area contributed by atoms with Crippen LogP contribution in [0.25, 0.3) is 0 Å². The fourth-order valence-corrected chi connectivity index (χ4v) is 2.68. The molecule has 19 heavy (non-hydrogen) atoms. The zero-order valence-electron chi connectivity index (χ0n) is 11.3. The first kappa shape index (κ1) is 12.4. The van der Waals surface area contributed by atoms with Gasteiger partial charge in [0.05, 0.1) is 6.04 Å². The number of amides is 2. The third-order valence-corrected chi connectivity index (χ3v) is 4.11. The second-order valence-corrected chi connectivity index (χ2v) is 5.76. The second-order valence-electron chi connectivity index (χ2n) is 5.76. The Kier molecular flexibility index (Phi) is 3.40. The number of nitrogens with one attached hydrogen (secondary N) is 2. The first-order chi connectivity index (χ1) is 9.22. The van der Waals surface area contributed by atoms with Gasteiger partial charge < -0.3 is 5.32 Å². The molecule has 1 aromatic rings. The molecule has 6 heteroatoms. The fraction of sp³-hybridized carbons (Fsp3) is 0.769. The number of carbonyl (C=O) groups excluding carboxylic acids is 1. The molecule has 2 aliphatic carbocycles. The highest BCUT2D eigenvalue weighted by Gasteiger charge is 2.34. The van der Waals surface area contributed by atoms with Crippen LogP contribution in [0.15, 0.2) is 6.33 Å². The first-order valence-corrected chi connectivity index (χ1v) is 7.21. The molecule has 0 aliphatic heterocycles. The molecule has 3 rings (SSSR count). The Morgan fingerprint density at radius 2 is 2.11 bits per heavy atom. The van der Waals surface area contributed by atoms with Gasteiger partial charge in [-0.2, -0.15) is 0 Å². The molecule has 2 aliphatic rings. The summed E-state index contributed by atoms with van der Waals surface area (Å²) in [7, 11) is 0. The lowest BCUT2D eigenvalue weighted by atomic mass is 9.96. The molecule has 0 saturated heterocycles. The number of hydrogen-bond donors (Lipinski definition) is 2. The van der Waals surface area contributed by atoms with Gasteiger partial charge in [-0.3, -0.25) is 5.32 Å². The third kappa shape index (κ3) is 3.05. The fourth-order valence-electron chi connectivity index (χ4n) is 2.68. The van der Waals surface area contributed by atoms with Crippen molar-refractivity contribution in [3.8, 4) is 0 Å². The summed E-state index contributed by atoms with van der Waals surface area (Å²) in [5.74, 6) is 0.995. The molecule has 0 radical (unpaired) electrons. The van der Waals surface area contributed by atoms with Crippen LogP contribution in [0.5, 0.6) is 0 Å². The van der Waals surface area contributed by atoms with E-state index in [1.54, 1.807) is 6.33 Å². The highest BCUT2D eigenvalue weighted by Crippen LogP contribution is 2.29. The Morgan fingerprint density at radius 1 is 1.37 bits per heavy atom. The Morgan fingerprint density at radius 3 is 2.79 bits per heavy atom. The summed E-state index contributed by atoms with van der Waals surface area (Å²) in [5.41, 5.74) is 0. The molecule has 1 heterocycles. The average molecular weight is 263 g/mol. The van der Waals surface area contributed by atoms with Gasteiger partial charge in [-0.05, 0) is 25.2 Å². The van der Waals surface area contributed by atoms with E-state index in [1.165, 1.54) is 19.3 Å². The average Bonchev–Trinajstić information content (AvgIpc) is 2.91. The highest BCUT2D eigenvalue weighted by molar-refractivity contribution is 5.87. The van der Waals surface area contributed by atoms with Gasteiger partial charge in [0, 0.05) is 6.04 Å². The Hall–Kier alpha value is -1.59. The minimum absolute atomic E-state index is 0.198. The zero-order chi connectivity index (χ0) is 13.2. The Labute approximate surface area is 113 Å². The van der Waals surface area contributed by atoms with E-state index in [-0.39, 0.29) is 6.03 Å². The number of hydrogen-bond acceptors (Lipinski definition) is 3. The van der Waals surface area contributed by atoms with Crippen LogP contribution in [0.2, 0.25) is 0 Å². The largest absolute Gasteiger partial charge is 0.335 e. The van der Waals surface area contributed by atoms with Gasteiger partial charge in [-0.25, -0.2) is 14.5 Å². The summed E-state index contributed by atoms with van der Waals surface area (Å²) in [6, 6.07) is 0.569. The number of nitrogens with zero attached hydrogens (tertiary/aromatic N) is 3. The van der Waals surface area contributed by atoms with Gasteiger partial charge in [0.2, 0.25) is 5.95 Å². The van der Waals surface area contributed by atoms with Crippen molar-refractivity contribution < 1.29 is 4.79 Å². The van der Waals surface area contributed by atoms with Gasteiger partial charge in [0.25, 0.3) is 0 Å². The zero-order valence-corrected chi connectivity index (χ0v) is 11.3. The van der Waals surface area contributed by atoms with Crippen LogP contribution in [-0.2, 0) is 0 Å². The molecular weight excluding hydrogens is 242 g/mol. The van der Waals surface area contributed by atoms with Crippen LogP contribution in [0.4, 0.5) is 10.7 Å². The van der Waals surface area contributed by atoms with E-state index in [0.717, 1.165) is 19.3 Å². The molecule has 2 atom stereocenters. The van der Waals surface area contributed by atoms with E-state index >= 15 is 0 Å². The summed E-state index contributed by atoms with van der Waals surface area (Å²) in [5, 5.41) is 9.96. The maximum absolute atomic E-state index is 11.7. The van der Waals surface area contributed by atoms with Crippen LogP contribution >= 0.6 is 0 Å². The van der Waals surface area contributed by atoms with Crippen LogP contribution in [0.3, 0.4) is 0 Å². The van der Waals surface area contributed by atoms with Crippen molar-refractivity contribution in [1.29, 1.82) is 0 Å². The molecule has 2 N–H and O–H groups in total. The minimum atomic E-state index is -0.198. The van der Waals surface area contributed by atoms with E-state index in [2.05, 4.69) is 27.6 Å². The van der Waals surface area contributed by atoms with Crippen LogP contribution in [0.1, 0.15) is 51.5 Å². The molecule has 1 aromatic heterocycles. The first-order valence-electron chi connectivity index (χ1n) is 7.21. The topological polar surface area (TPSA) is 71.8 Å². The molecule has 0 spiro atoms. The standard InChI is InChI=1S/C13H21N5O/c1-9-7-11(9)15-13(19)16-12-14-8-18(17-12)10-5-3-2-4-6-10/h8-11H,2-7H2,1H3,(H2,15,16,17,19)/t9-,11+/m0/s1. The third-order valence-electron chi connectivity index (χ3n) is 4.11. The maximum Gasteiger partial charge on any atom is 0.321 e. The van der Waals surface area contributed by atoms with Crippen molar-refractivity contribution in [3.63, 3.8) is 0 Å². The summed E-state index contributed by atoms with van der Waals surface area (Å²) in [4.78, 5) is 15.8. The van der Waals surface area contributed by atoms with Crippen LogP contribution in [-0.4, -0.2) is 26.8 Å². The van der Waals surface area contributed by atoms with Crippen LogP contribution in [0, 0.1) is 5.92 Å². The van der Waals surface area contributed by atoms with Gasteiger partial charge in [-0.15, -0.1) is 5.10 Å². The van der Waals surface area contributed by atoms with E-state index in [4.69, 9.17) is 0 Å². The van der Waals surface area contributed by atoms with Gasteiger partial charge in [0.1, 0.15) is 6.33 Å². The lowest BCUT2D eigenvalue weighted by Gasteiger charge is -2.21. The summed E-state index contributed by atoms with van der Waals surface area (Å²) in [6.07, 6.45) is 8.95. The molecule has 2 amide bonds. The molecular formula is C13H21N5O. The molecule has 2 saturated carbocycles. The lowest BCUT2D eigenvalue weighted by Crippen LogP contribution is -2.31. The van der Waals surface area contributed by atoms with E-state index in [0.29, 0.717) is 23.9 Å². The number of rotatable bonds is 3. The molecule has 0 unspecified atom stereocenters. The predicted octanol–water partition coefficient (Wildman–Crippen LogP) is 2.31. The van der Waals surface area contributed by atoms with E-state index < -0.39 is 0 Å². The molecule has 104 valence electrons. The van der Waals surface area contributed by atoms with Crippen molar-refractivity contribution in [2.45, 2.75) is 57.5 Å². The van der Waals surface area contributed by atoms with Gasteiger partial charge in [-0.1, -0.05) is 26.2 Å². The monoisotopic (exact) mass is 263 g/mol. The van der Waals surface area contributed by atoms with Gasteiger partial charge >= 0.3 is 6.03 Å². The minimum Gasteiger partial charge on any atom is -0.335 e. The van der Waals surface area contributed by atoms with E-state index in [9.17, 15) is 4.79 Å². The number of carbonyl (C=O) groups is 1.